The summed E-state index contributed by atoms with van der Waals surface area (Å²) in [7, 11) is -3.84. The standard InChI is InChI=1S/C12H15N3O5S/c1-9-3-4-11(7-12(9)15(17)18)21(19,20)14-6-5-13(8-14)10(2)16/h3-4,7H,5-6,8H2,1-2H3. The molecule has 1 heterocycles. The Bertz CT molecular complexity index is 701. The Morgan fingerprint density at radius 1 is 1.33 bits per heavy atom. The van der Waals surface area contributed by atoms with Crippen LogP contribution in [0.3, 0.4) is 0 Å². The van der Waals surface area contributed by atoms with E-state index in [1.54, 1.807) is 6.92 Å². The first-order valence-electron chi connectivity index (χ1n) is 6.24. The number of nitrogens with zero attached hydrogens (tertiary/aromatic N) is 3. The molecule has 0 bridgehead atoms. The molecule has 0 unspecified atom stereocenters. The number of benzene rings is 1. The zero-order valence-corrected chi connectivity index (χ0v) is 12.5. The Morgan fingerprint density at radius 3 is 2.52 bits per heavy atom. The van der Waals surface area contributed by atoms with Crippen molar-refractivity contribution >= 4 is 21.6 Å². The van der Waals surface area contributed by atoms with Crippen LogP contribution < -0.4 is 0 Å². The van der Waals surface area contributed by atoms with Crippen molar-refractivity contribution in [2.75, 3.05) is 19.8 Å². The molecule has 0 atom stereocenters. The van der Waals surface area contributed by atoms with Crippen LogP contribution in [0.1, 0.15) is 12.5 Å². The van der Waals surface area contributed by atoms with Crippen molar-refractivity contribution in [2.24, 2.45) is 0 Å². The van der Waals surface area contributed by atoms with Crippen LogP contribution in [0.4, 0.5) is 5.69 Å². The van der Waals surface area contributed by atoms with Gasteiger partial charge in [-0.1, -0.05) is 6.07 Å². The Morgan fingerprint density at radius 2 is 2.00 bits per heavy atom. The number of nitro groups is 1. The molecule has 1 aromatic carbocycles. The number of nitro benzene ring substituents is 1. The molecule has 0 radical (unpaired) electrons. The molecule has 1 aromatic rings. The molecule has 21 heavy (non-hydrogen) atoms. The van der Waals surface area contributed by atoms with E-state index in [0.717, 1.165) is 10.4 Å². The zero-order valence-electron chi connectivity index (χ0n) is 11.6. The first kappa shape index (κ1) is 15.4. The van der Waals surface area contributed by atoms with Crippen LogP contribution >= 0.6 is 0 Å². The van der Waals surface area contributed by atoms with Crippen LogP contribution in [-0.2, 0) is 14.8 Å². The average Bonchev–Trinajstić information content (AvgIpc) is 2.89. The summed E-state index contributed by atoms with van der Waals surface area (Å²) < 4.78 is 26.0. The lowest BCUT2D eigenvalue weighted by atomic mass is 10.2. The van der Waals surface area contributed by atoms with E-state index in [2.05, 4.69) is 0 Å². The second kappa shape index (κ2) is 5.41. The number of hydrogen-bond acceptors (Lipinski definition) is 5. The van der Waals surface area contributed by atoms with E-state index in [1.165, 1.54) is 24.0 Å². The van der Waals surface area contributed by atoms with Gasteiger partial charge in [-0.25, -0.2) is 8.42 Å². The summed E-state index contributed by atoms with van der Waals surface area (Å²) in [6.45, 7) is 3.39. The molecule has 9 heteroatoms. The van der Waals surface area contributed by atoms with Crippen LogP contribution in [0.2, 0.25) is 0 Å². The third-order valence-corrected chi connectivity index (χ3v) is 5.24. The summed E-state index contributed by atoms with van der Waals surface area (Å²) in [4.78, 5) is 22.8. The SMILES string of the molecule is CC(=O)N1CCN(S(=O)(=O)c2ccc(C)c([N+](=O)[O-])c2)C1. The van der Waals surface area contributed by atoms with Gasteiger partial charge in [-0.05, 0) is 13.0 Å². The maximum Gasteiger partial charge on any atom is 0.273 e. The minimum Gasteiger partial charge on any atom is -0.328 e. The smallest absolute Gasteiger partial charge is 0.273 e. The molecule has 1 fully saturated rings. The molecule has 0 saturated carbocycles. The van der Waals surface area contributed by atoms with Gasteiger partial charge in [0.15, 0.2) is 0 Å². The van der Waals surface area contributed by atoms with E-state index < -0.39 is 14.9 Å². The van der Waals surface area contributed by atoms with E-state index >= 15 is 0 Å². The molecule has 0 spiro atoms. The highest BCUT2D eigenvalue weighted by Crippen LogP contribution is 2.25. The van der Waals surface area contributed by atoms with Crippen molar-refractivity contribution in [1.29, 1.82) is 0 Å². The van der Waals surface area contributed by atoms with Crippen molar-refractivity contribution in [2.45, 2.75) is 18.7 Å². The van der Waals surface area contributed by atoms with Crippen molar-refractivity contribution in [3.63, 3.8) is 0 Å². The van der Waals surface area contributed by atoms with Gasteiger partial charge in [0.05, 0.1) is 16.5 Å². The quantitative estimate of drug-likeness (QED) is 0.604. The third kappa shape index (κ3) is 2.88. The predicted octanol–water partition coefficient (Wildman–Crippen LogP) is 0.714. The molecule has 0 aliphatic carbocycles. The second-order valence-corrected chi connectivity index (χ2v) is 6.75. The molecule has 1 amide bonds. The number of rotatable bonds is 3. The maximum atomic E-state index is 12.5. The molecule has 0 aromatic heterocycles. The van der Waals surface area contributed by atoms with Crippen LogP contribution in [0.5, 0.6) is 0 Å². The predicted molar refractivity (Wildman–Crippen MR) is 74.0 cm³/mol. The zero-order chi connectivity index (χ0) is 15.8. The number of carbonyl (C=O) groups is 1. The van der Waals surface area contributed by atoms with Crippen LogP contribution in [0, 0.1) is 17.0 Å². The summed E-state index contributed by atoms with van der Waals surface area (Å²) in [6, 6.07) is 3.80. The summed E-state index contributed by atoms with van der Waals surface area (Å²) in [5.74, 6) is -0.206. The number of carbonyl (C=O) groups excluding carboxylic acids is 1. The van der Waals surface area contributed by atoms with Gasteiger partial charge in [0.1, 0.15) is 0 Å². The van der Waals surface area contributed by atoms with Gasteiger partial charge < -0.3 is 4.90 Å². The summed E-state index contributed by atoms with van der Waals surface area (Å²) in [6.07, 6.45) is 0. The Labute approximate surface area is 122 Å². The van der Waals surface area contributed by atoms with Gasteiger partial charge in [-0.2, -0.15) is 4.31 Å². The maximum absolute atomic E-state index is 12.5. The van der Waals surface area contributed by atoms with E-state index in [9.17, 15) is 23.3 Å². The fraction of sp³-hybridized carbons (Fsp3) is 0.417. The van der Waals surface area contributed by atoms with Crippen molar-refractivity contribution in [3.8, 4) is 0 Å². The Hall–Kier alpha value is -2.00. The third-order valence-electron chi connectivity index (χ3n) is 3.41. The molecule has 8 nitrogen and oxygen atoms in total. The van der Waals surface area contributed by atoms with Gasteiger partial charge in [0.2, 0.25) is 15.9 Å². The van der Waals surface area contributed by atoms with E-state index in [4.69, 9.17) is 0 Å². The molecule has 114 valence electrons. The Balaban J connectivity index is 2.35. The molecule has 1 aliphatic rings. The first-order valence-corrected chi connectivity index (χ1v) is 7.68. The number of amides is 1. The van der Waals surface area contributed by atoms with Crippen LogP contribution in [-0.4, -0.2) is 48.2 Å². The lowest BCUT2D eigenvalue weighted by Gasteiger charge is -2.17. The summed E-state index contributed by atoms with van der Waals surface area (Å²) in [5.41, 5.74) is 0.157. The second-order valence-electron chi connectivity index (χ2n) is 4.81. The molecule has 2 rings (SSSR count). The van der Waals surface area contributed by atoms with Gasteiger partial charge in [-0.15, -0.1) is 0 Å². The highest BCUT2D eigenvalue weighted by atomic mass is 32.2. The number of hydrogen-bond donors (Lipinski definition) is 0. The van der Waals surface area contributed by atoms with E-state index in [0.29, 0.717) is 12.1 Å². The van der Waals surface area contributed by atoms with Gasteiger partial charge in [-0.3, -0.25) is 14.9 Å². The molecular weight excluding hydrogens is 298 g/mol. The highest BCUT2D eigenvalue weighted by molar-refractivity contribution is 7.89. The number of sulfonamides is 1. The van der Waals surface area contributed by atoms with Crippen molar-refractivity contribution in [1.82, 2.24) is 9.21 Å². The lowest BCUT2D eigenvalue weighted by molar-refractivity contribution is -0.385. The Kier molecular flexibility index (Phi) is 3.97. The van der Waals surface area contributed by atoms with E-state index in [-0.39, 0.29) is 29.7 Å². The van der Waals surface area contributed by atoms with Gasteiger partial charge in [0, 0.05) is 31.6 Å². The molecule has 1 saturated heterocycles. The topological polar surface area (TPSA) is 101 Å². The van der Waals surface area contributed by atoms with Crippen molar-refractivity contribution < 1.29 is 18.1 Å². The fourth-order valence-electron chi connectivity index (χ4n) is 2.11. The minimum absolute atomic E-state index is 0.0284. The van der Waals surface area contributed by atoms with Crippen LogP contribution in [0.15, 0.2) is 23.1 Å². The molecule has 1 aliphatic heterocycles. The average molecular weight is 313 g/mol. The molecule has 0 N–H and O–H groups in total. The monoisotopic (exact) mass is 313 g/mol. The fourth-order valence-corrected chi connectivity index (χ4v) is 3.52. The normalized spacial score (nSPS) is 16.2. The van der Waals surface area contributed by atoms with Crippen molar-refractivity contribution in [3.05, 3.63) is 33.9 Å². The van der Waals surface area contributed by atoms with E-state index in [1.807, 2.05) is 0 Å². The largest absolute Gasteiger partial charge is 0.328 e. The summed E-state index contributed by atoms with van der Waals surface area (Å²) >= 11 is 0. The van der Waals surface area contributed by atoms with Crippen LogP contribution in [0.25, 0.3) is 0 Å². The van der Waals surface area contributed by atoms with Gasteiger partial charge in [0.25, 0.3) is 5.69 Å². The highest BCUT2D eigenvalue weighted by Gasteiger charge is 2.33. The lowest BCUT2D eigenvalue weighted by Crippen LogP contribution is -2.33. The first-order chi connectivity index (χ1) is 9.73. The molecular formula is C12H15N3O5S. The van der Waals surface area contributed by atoms with Gasteiger partial charge >= 0.3 is 0 Å². The summed E-state index contributed by atoms with van der Waals surface area (Å²) in [5, 5.41) is 10.9. The number of aryl methyl sites for hydroxylation is 1. The minimum atomic E-state index is -3.84.